The molecular weight excluding hydrogens is 388 g/mol. The minimum Gasteiger partial charge on any atom is -0.337 e. The fourth-order valence-corrected chi connectivity index (χ4v) is 4.78. The highest BCUT2D eigenvalue weighted by atomic mass is 32.2. The molecule has 3 rings (SSSR count). The standard InChI is InChI=1S/C17H20N4O4S2/c1-11(22)19-17-20-13(10-26-17)16(23)21-8-5-12(6-9-21)15-14(27(2,24)25)4-3-7-18-15/h3-4,7,10,12H,5-6,8-9H2,1-2H3,(H,19,20,22). The van der Waals surface area contributed by atoms with Crippen molar-refractivity contribution < 1.29 is 18.0 Å². The number of sulfone groups is 1. The summed E-state index contributed by atoms with van der Waals surface area (Å²) in [6.45, 7) is 2.38. The minimum atomic E-state index is -3.35. The molecule has 10 heteroatoms. The first-order chi connectivity index (χ1) is 12.8. The normalized spacial score (nSPS) is 15.6. The minimum absolute atomic E-state index is 0.00894. The Labute approximate surface area is 161 Å². The molecule has 0 aromatic carbocycles. The van der Waals surface area contributed by atoms with E-state index in [1.54, 1.807) is 28.6 Å². The average molecular weight is 409 g/mol. The van der Waals surface area contributed by atoms with E-state index >= 15 is 0 Å². The van der Waals surface area contributed by atoms with Crippen LogP contribution in [0.1, 0.15) is 41.9 Å². The first-order valence-corrected chi connectivity index (χ1v) is 11.2. The number of nitrogens with one attached hydrogen (secondary N) is 1. The lowest BCUT2D eigenvalue weighted by molar-refractivity contribution is -0.114. The van der Waals surface area contributed by atoms with Gasteiger partial charge in [0.15, 0.2) is 15.0 Å². The molecule has 0 aliphatic carbocycles. The first kappa shape index (κ1) is 19.4. The second-order valence-corrected chi connectivity index (χ2v) is 9.29. The molecule has 27 heavy (non-hydrogen) atoms. The van der Waals surface area contributed by atoms with Crippen molar-refractivity contribution in [3.05, 3.63) is 35.1 Å². The molecule has 2 amide bonds. The fourth-order valence-electron chi connectivity index (χ4n) is 3.12. The predicted octanol–water partition coefficient (Wildman–Crippen LogP) is 1.92. The van der Waals surface area contributed by atoms with Crippen molar-refractivity contribution in [2.45, 2.75) is 30.6 Å². The summed E-state index contributed by atoms with van der Waals surface area (Å²) in [6.07, 6.45) is 4.05. The van der Waals surface area contributed by atoms with Gasteiger partial charge in [0.05, 0.1) is 10.6 Å². The van der Waals surface area contributed by atoms with Crippen LogP contribution in [-0.4, -0.2) is 54.4 Å². The lowest BCUT2D eigenvalue weighted by atomic mass is 9.93. The molecule has 0 saturated carbocycles. The van der Waals surface area contributed by atoms with Gasteiger partial charge < -0.3 is 10.2 Å². The van der Waals surface area contributed by atoms with E-state index < -0.39 is 9.84 Å². The number of anilines is 1. The Morgan fingerprint density at radius 3 is 2.63 bits per heavy atom. The number of rotatable bonds is 4. The number of hydrogen-bond donors (Lipinski definition) is 1. The Morgan fingerprint density at radius 1 is 1.30 bits per heavy atom. The van der Waals surface area contributed by atoms with Gasteiger partial charge >= 0.3 is 0 Å². The van der Waals surface area contributed by atoms with E-state index in [1.165, 1.54) is 24.5 Å². The number of thiazole rings is 1. The largest absolute Gasteiger partial charge is 0.337 e. The van der Waals surface area contributed by atoms with Crippen LogP contribution >= 0.6 is 11.3 Å². The second kappa shape index (κ2) is 7.73. The topological polar surface area (TPSA) is 109 Å². The lowest BCUT2D eigenvalue weighted by Crippen LogP contribution is -2.38. The summed E-state index contributed by atoms with van der Waals surface area (Å²) in [5.41, 5.74) is 0.880. The summed E-state index contributed by atoms with van der Waals surface area (Å²) >= 11 is 1.21. The van der Waals surface area contributed by atoms with Crippen LogP contribution in [0.2, 0.25) is 0 Å². The van der Waals surface area contributed by atoms with Crippen LogP contribution in [-0.2, 0) is 14.6 Å². The molecule has 8 nitrogen and oxygen atoms in total. The molecule has 3 heterocycles. The number of aromatic nitrogens is 2. The van der Waals surface area contributed by atoms with Crippen molar-refractivity contribution in [1.29, 1.82) is 0 Å². The van der Waals surface area contributed by atoms with Gasteiger partial charge in [-0.15, -0.1) is 11.3 Å². The second-order valence-electron chi connectivity index (χ2n) is 6.44. The van der Waals surface area contributed by atoms with Gasteiger partial charge in [-0.05, 0) is 25.0 Å². The van der Waals surface area contributed by atoms with E-state index in [4.69, 9.17) is 0 Å². The molecule has 1 saturated heterocycles. The molecule has 144 valence electrons. The lowest BCUT2D eigenvalue weighted by Gasteiger charge is -2.31. The number of carbonyl (C=O) groups excluding carboxylic acids is 2. The summed E-state index contributed by atoms with van der Waals surface area (Å²) in [5.74, 6) is -0.433. The predicted molar refractivity (Wildman–Crippen MR) is 102 cm³/mol. The van der Waals surface area contributed by atoms with Crippen molar-refractivity contribution >= 4 is 38.1 Å². The van der Waals surface area contributed by atoms with Crippen molar-refractivity contribution in [2.75, 3.05) is 24.7 Å². The zero-order valence-corrected chi connectivity index (χ0v) is 16.6. The number of likely N-dealkylation sites (tertiary alicyclic amines) is 1. The third-order valence-corrected chi connectivity index (χ3v) is 6.28. The van der Waals surface area contributed by atoms with Crippen LogP contribution in [0.25, 0.3) is 0 Å². The van der Waals surface area contributed by atoms with Gasteiger partial charge in [-0.25, -0.2) is 13.4 Å². The van der Waals surface area contributed by atoms with E-state index in [9.17, 15) is 18.0 Å². The molecule has 0 atom stereocenters. The number of amides is 2. The van der Waals surface area contributed by atoms with Gasteiger partial charge in [0.25, 0.3) is 5.91 Å². The summed E-state index contributed by atoms with van der Waals surface area (Å²) in [5, 5.41) is 4.59. The third kappa shape index (κ3) is 4.51. The zero-order chi connectivity index (χ0) is 19.6. The number of nitrogens with zero attached hydrogens (tertiary/aromatic N) is 3. The SMILES string of the molecule is CC(=O)Nc1nc(C(=O)N2CCC(c3ncccc3S(C)(=O)=O)CC2)cs1. The summed E-state index contributed by atoms with van der Waals surface area (Å²) in [6, 6.07) is 3.20. The molecule has 1 fully saturated rings. The molecule has 0 radical (unpaired) electrons. The maximum Gasteiger partial charge on any atom is 0.273 e. The molecule has 1 aliphatic heterocycles. The van der Waals surface area contributed by atoms with Crippen molar-refractivity contribution in [1.82, 2.24) is 14.9 Å². The number of piperidine rings is 1. The van der Waals surface area contributed by atoms with Crippen LogP contribution in [0.3, 0.4) is 0 Å². The van der Waals surface area contributed by atoms with E-state index in [0.717, 1.165) is 0 Å². The number of carbonyl (C=O) groups is 2. The van der Waals surface area contributed by atoms with Crippen LogP contribution in [0.4, 0.5) is 5.13 Å². The van der Waals surface area contributed by atoms with E-state index in [-0.39, 0.29) is 22.6 Å². The van der Waals surface area contributed by atoms with Gasteiger partial charge in [-0.3, -0.25) is 14.6 Å². The average Bonchev–Trinajstić information content (AvgIpc) is 3.08. The highest BCUT2D eigenvalue weighted by molar-refractivity contribution is 7.90. The highest BCUT2D eigenvalue weighted by Gasteiger charge is 2.29. The van der Waals surface area contributed by atoms with Crippen LogP contribution in [0, 0.1) is 0 Å². The monoisotopic (exact) mass is 408 g/mol. The molecule has 2 aromatic heterocycles. The number of hydrogen-bond acceptors (Lipinski definition) is 7. The smallest absolute Gasteiger partial charge is 0.273 e. The van der Waals surface area contributed by atoms with E-state index in [2.05, 4.69) is 15.3 Å². The van der Waals surface area contributed by atoms with Crippen LogP contribution < -0.4 is 5.32 Å². The molecule has 1 aliphatic rings. The van der Waals surface area contributed by atoms with Gasteiger partial charge in [-0.2, -0.15) is 0 Å². The molecule has 1 N–H and O–H groups in total. The van der Waals surface area contributed by atoms with Crippen LogP contribution in [0.15, 0.2) is 28.6 Å². The maximum absolute atomic E-state index is 12.6. The van der Waals surface area contributed by atoms with Crippen molar-refractivity contribution in [3.8, 4) is 0 Å². The molecular formula is C17H20N4O4S2. The Bertz CT molecular complexity index is 963. The summed E-state index contributed by atoms with van der Waals surface area (Å²) in [7, 11) is -3.35. The molecule has 0 bridgehead atoms. The molecule has 0 unspecified atom stereocenters. The van der Waals surface area contributed by atoms with E-state index in [0.29, 0.717) is 42.5 Å². The molecule has 2 aromatic rings. The van der Waals surface area contributed by atoms with E-state index in [1.807, 2.05) is 0 Å². The highest BCUT2D eigenvalue weighted by Crippen LogP contribution is 2.31. The quantitative estimate of drug-likeness (QED) is 0.828. The van der Waals surface area contributed by atoms with Crippen molar-refractivity contribution in [2.24, 2.45) is 0 Å². The maximum atomic E-state index is 12.6. The van der Waals surface area contributed by atoms with Gasteiger partial charge in [0.1, 0.15) is 5.69 Å². The third-order valence-electron chi connectivity index (χ3n) is 4.37. The Hall–Kier alpha value is -2.33. The summed E-state index contributed by atoms with van der Waals surface area (Å²) in [4.78, 5) is 34.1. The Balaban J connectivity index is 1.68. The van der Waals surface area contributed by atoms with Crippen LogP contribution in [0.5, 0.6) is 0 Å². The zero-order valence-electron chi connectivity index (χ0n) is 15.0. The first-order valence-electron chi connectivity index (χ1n) is 8.43. The van der Waals surface area contributed by atoms with Gasteiger partial charge in [0.2, 0.25) is 5.91 Å². The van der Waals surface area contributed by atoms with Crippen molar-refractivity contribution in [3.63, 3.8) is 0 Å². The fraction of sp³-hybridized carbons (Fsp3) is 0.412. The Morgan fingerprint density at radius 2 is 2.00 bits per heavy atom. The molecule has 0 spiro atoms. The summed E-state index contributed by atoms with van der Waals surface area (Å²) < 4.78 is 24.0. The Kier molecular flexibility index (Phi) is 5.56. The van der Waals surface area contributed by atoms with Gasteiger partial charge in [0, 0.05) is 43.8 Å². The van der Waals surface area contributed by atoms with Gasteiger partial charge in [-0.1, -0.05) is 0 Å². The number of pyridine rings is 1.